The van der Waals surface area contributed by atoms with E-state index in [4.69, 9.17) is 4.84 Å². The zero-order chi connectivity index (χ0) is 12.5. The molecule has 0 aliphatic heterocycles. The van der Waals surface area contributed by atoms with Gasteiger partial charge >= 0.3 is 29.6 Å². The van der Waals surface area contributed by atoms with Crippen molar-refractivity contribution >= 4 is 11.7 Å². The summed E-state index contributed by atoms with van der Waals surface area (Å²) in [7, 11) is 0. The largest absolute Gasteiger partial charge is 1.00 e. The van der Waals surface area contributed by atoms with Gasteiger partial charge in [0, 0.05) is 0 Å². The Morgan fingerprint density at radius 2 is 1.94 bits per heavy atom. The Labute approximate surface area is 129 Å². The maximum absolute atomic E-state index is 10.3. The van der Waals surface area contributed by atoms with Crippen LogP contribution in [0.3, 0.4) is 0 Å². The molecule has 1 aromatic rings. The van der Waals surface area contributed by atoms with Crippen LogP contribution >= 0.6 is 0 Å². The fourth-order valence-electron chi connectivity index (χ4n) is 1.32. The first kappa shape index (κ1) is 17.2. The molecule has 0 aliphatic carbocycles. The van der Waals surface area contributed by atoms with E-state index >= 15 is 0 Å². The molecule has 0 saturated heterocycles. The van der Waals surface area contributed by atoms with Crippen molar-refractivity contribution < 1.29 is 44.3 Å². The number of aliphatic carboxylic acids is 1. The number of nitrogens with zero attached hydrogens (tertiary/aromatic N) is 1. The maximum atomic E-state index is 10.3. The van der Waals surface area contributed by atoms with Crippen LogP contribution in [-0.4, -0.2) is 18.3 Å². The summed E-state index contributed by atoms with van der Waals surface area (Å²) < 4.78 is 0. The zero-order valence-electron chi connectivity index (χ0n) is 10.9. The van der Waals surface area contributed by atoms with Crippen molar-refractivity contribution in [3.8, 4) is 0 Å². The van der Waals surface area contributed by atoms with Gasteiger partial charge in [0.25, 0.3) is 0 Å². The van der Waals surface area contributed by atoms with Crippen molar-refractivity contribution in [3.63, 3.8) is 0 Å². The van der Waals surface area contributed by atoms with Gasteiger partial charge in [0.1, 0.15) is 6.61 Å². The summed E-state index contributed by atoms with van der Waals surface area (Å²) in [6, 6.07) is 10.2. The van der Waals surface area contributed by atoms with Crippen molar-refractivity contribution in [1.29, 1.82) is 0 Å². The minimum absolute atomic E-state index is 0. The second-order valence-corrected chi connectivity index (χ2v) is 3.74. The third-order valence-electron chi connectivity index (χ3n) is 2.29. The second kappa shape index (κ2) is 10.1. The van der Waals surface area contributed by atoms with Crippen molar-refractivity contribution in [1.82, 2.24) is 0 Å². The number of oxime groups is 1. The molecule has 0 amide bonds. The molecule has 0 bridgehead atoms. The van der Waals surface area contributed by atoms with Crippen LogP contribution in [0.5, 0.6) is 0 Å². The standard InChI is InChI=1S/C13H17NO3.Na/c1-11(13(15)16)14-17-10-6-5-9-12-7-3-2-4-8-12;/h2-4,7-8H,5-6,9-10H2,1H3,(H,15,16);/q;+1/p-1/b14-11-;. The number of hydrogen-bond acceptors (Lipinski definition) is 4. The van der Waals surface area contributed by atoms with Crippen LogP contribution in [0.15, 0.2) is 35.5 Å². The smallest absolute Gasteiger partial charge is 0.543 e. The van der Waals surface area contributed by atoms with Gasteiger partial charge in [-0.1, -0.05) is 35.5 Å². The van der Waals surface area contributed by atoms with Gasteiger partial charge in [-0.3, -0.25) is 0 Å². The van der Waals surface area contributed by atoms with Gasteiger partial charge in [0.2, 0.25) is 0 Å². The van der Waals surface area contributed by atoms with E-state index in [0.717, 1.165) is 19.3 Å². The quantitative estimate of drug-likeness (QED) is 0.249. The normalized spacial score (nSPS) is 10.6. The first-order valence-corrected chi connectivity index (χ1v) is 5.62. The fraction of sp³-hybridized carbons (Fsp3) is 0.385. The molecule has 1 aromatic carbocycles. The van der Waals surface area contributed by atoms with E-state index in [1.165, 1.54) is 12.5 Å². The van der Waals surface area contributed by atoms with Gasteiger partial charge < -0.3 is 14.7 Å². The van der Waals surface area contributed by atoms with E-state index in [0.29, 0.717) is 6.61 Å². The molecule has 1 rings (SSSR count). The monoisotopic (exact) mass is 257 g/mol. The third kappa shape index (κ3) is 7.48. The topological polar surface area (TPSA) is 61.7 Å². The number of unbranched alkanes of at least 4 members (excludes halogenated alkanes) is 1. The predicted octanol–water partition coefficient (Wildman–Crippen LogP) is -1.84. The van der Waals surface area contributed by atoms with Gasteiger partial charge in [-0.25, -0.2) is 0 Å². The Bertz CT molecular complexity index is 379. The van der Waals surface area contributed by atoms with E-state index in [1.54, 1.807) is 0 Å². The number of carboxylic acid groups (broad SMARTS) is 1. The molecule has 0 aliphatic rings. The number of carbonyl (C=O) groups is 1. The molecule has 18 heavy (non-hydrogen) atoms. The SMILES string of the molecule is C/C(=N/OCCCCc1ccccc1)C(=O)[O-].[Na+]. The molecule has 0 N–H and O–H groups in total. The molecular formula is C13H16NNaO3. The summed E-state index contributed by atoms with van der Waals surface area (Å²) >= 11 is 0. The summed E-state index contributed by atoms with van der Waals surface area (Å²) in [4.78, 5) is 15.1. The Morgan fingerprint density at radius 1 is 1.28 bits per heavy atom. The van der Waals surface area contributed by atoms with E-state index in [2.05, 4.69) is 17.3 Å². The first-order chi connectivity index (χ1) is 8.20. The summed E-state index contributed by atoms with van der Waals surface area (Å²) in [5.41, 5.74) is 1.16. The molecular weight excluding hydrogens is 241 g/mol. The van der Waals surface area contributed by atoms with Crippen LogP contribution in [0.2, 0.25) is 0 Å². The molecule has 0 fully saturated rings. The van der Waals surface area contributed by atoms with Crippen LogP contribution < -0.4 is 34.7 Å². The molecule has 0 heterocycles. The summed E-state index contributed by atoms with van der Waals surface area (Å²) in [5, 5.41) is 13.7. The van der Waals surface area contributed by atoms with E-state index in [-0.39, 0.29) is 35.3 Å². The maximum Gasteiger partial charge on any atom is 1.00 e. The van der Waals surface area contributed by atoms with E-state index in [9.17, 15) is 9.90 Å². The molecule has 0 atom stereocenters. The number of carbonyl (C=O) groups excluding carboxylic acids is 1. The van der Waals surface area contributed by atoms with Crippen LogP contribution in [0.4, 0.5) is 0 Å². The van der Waals surface area contributed by atoms with Crippen molar-refractivity contribution in [2.75, 3.05) is 6.61 Å². The van der Waals surface area contributed by atoms with Gasteiger partial charge in [0.15, 0.2) is 0 Å². The predicted molar refractivity (Wildman–Crippen MR) is 63.4 cm³/mol. The number of aryl methyl sites for hydroxylation is 1. The molecule has 0 spiro atoms. The van der Waals surface area contributed by atoms with Crippen LogP contribution in [-0.2, 0) is 16.1 Å². The van der Waals surface area contributed by atoms with Crippen molar-refractivity contribution in [2.24, 2.45) is 5.16 Å². The Morgan fingerprint density at radius 3 is 2.56 bits per heavy atom. The molecule has 0 radical (unpaired) electrons. The Balaban J connectivity index is 0.00000289. The minimum Gasteiger partial charge on any atom is -0.543 e. The summed E-state index contributed by atoms with van der Waals surface area (Å²) in [5.74, 6) is -1.30. The Kier molecular flexibility index (Phi) is 9.64. The van der Waals surface area contributed by atoms with E-state index in [1.807, 2.05) is 18.2 Å². The second-order valence-electron chi connectivity index (χ2n) is 3.74. The zero-order valence-corrected chi connectivity index (χ0v) is 12.9. The molecule has 0 unspecified atom stereocenters. The molecule has 0 saturated carbocycles. The summed E-state index contributed by atoms with van der Waals surface area (Å²) in [6.07, 6.45) is 2.83. The van der Waals surface area contributed by atoms with Crippen molar-refractivity contribution in [2.45, 2.75) is 26.2 Å². The molecule has 0 aromatic heterocycles. The third-order valence-corrected chi connectivity index (χ3v) is 2.29. The number of hydrogen-bond donors (Lipinski definition) is 0. The van der Waals surface area contributed by atoms with Crippen LogP contribution in [0, 0.1) is 0 Å². The minimum atomic E-state index is -1.30. The molecule has 92 valence electrons. The van der Waals surface area contributed by atoms with Gasteiger partial charge in [0.05, 0.1) is 11.7 Å². The van der Waals surface area contributed by atoms with Gasteiger partial charge in [-0.15, -0.1) is 0 Å². The van der Waals surface area contributed by atoms with Gasteiger partial charge in [-0.2, -0.15) is 0 Å². The number of carboxylic acids is 1. The number of rotatable bonds is 7. The number of benzene rings is 1. The van der Waals surface area contributed by atoms with Crippen molar-refractivity contribution in [3.05, 3.63) is 35.9 Å². The van der Waals surface area contributed by atoms with Crippen LogP contribution in [0.1, 0.15) is 25.3 Å². The van der Waals surface area contributed by atoms with Crippen LogP contribution in [0.25, 0.3) is 0 Å². The average molecular weight is 257 g/mol. The van der Waals surface area contributed by atoms with Gasteiger partial charge in [-0.05, 0) is 31.7 Å². The van der Waals surface area contributed by atoms with E-state index < -0.39 is 5.97 Å². The Hall–Kier alpha value is -0.840. The first-order valence-electron chi connectivity index (χ1n) is 5.62. The summed E-state index contributed by atoms with van der Waals surface area (Å²) in [6.45, 7) is 1.77. The molecule has 4 nitrogen and oxygen atoms in total. The molecule has 5 heteroatoms. The average Bonchev–Trinajstić information content (AvgIpc) is 2.34. The fourth-order valence-corrected chi connectivity index (χ4v) is 1.32.